The van der Waals surface area contributed by atoms with Crippen LogP contribution in [0.15, 0.2) is 85.1 Å². The van der Waals surface area contributed by atoms with Crippen LogP contribution in [0.5, 0.6) is 0 Å². The maximum Gasteiger partial charge on any atom is 0.469 e. The van der Waals surface area contributed by atoms with E-state index in [0.29, 0.717) is 12.8 Å². The SMILES string of the molecule is CC/C=C/C/C=C/C/C=C/C/C=C/C/C=C/CCCCCC(=O)O[C@H](COC(=O)CCC/C=C/CC/C=C/CCCCCCCCCCCCCCCC)COP(=O)(O)O. The van der Waals surface area contributed by atoms with Crippen molar-refractivity contribution in [3.8, 4) is 0 Å². The van der Waals surface area contributed by atoms with E-state index in [9.17, 15) is 14.2 Å². The minimum absolute atomic E-state index is 0.160. The van der Waals surface area contributed by atoms with Gasteiger partial charge in [0.25, 0.3) is 0 Å². The molecule has 0 aromatic rings. The first-order valence-electron chi connectivity index (χ1n) is 23.9. The standard InChI is InChI=1S/C51H87O8P/c1-3-5-7-9-11-13-15-17-19-21-23-24-25-26-28-29-31-33-35-37-39-41-43-45-50(52)57-47-49(48-58-60(54,55)56)59-51(53)46-44-42-40-38-36-34-32-30-27-22-20-18-16-14-12-10-8-6-4-2/h6,8,12,14,18,20,27,29-31,34,36-37,39,49H,3-5,7,9-11,13,15-17,19,21-26,28,32-33,35,38,40-48H2,1-2H3,(H2,54,55,56)/b8-6+,14-12+,20-18+,30-27+,31-29+,36-34+,39-37+/t49-/m1/s1. The van der Waals surface area contributed by atoms with Crippen LogP contribution in [0.3, 0.4) is 0 Å². The van der Waals surface area contributed by atoms with Crippen LogP contribution >= 0.6 is 7.82 Å². The third-order valence-corrected chi connectivity index (χ3v) is 10.4. The summed E-state index contributed by atoms with van der Waals surface area (Å²) in [5, 5.41) is 0. The molecule has 0 saturated heterocycles. The molecule has 0 fully saturated rings. The van der Waals surface area contributed by atoms with Gasteiger partial charge in [0.1, 0.15) is 6.61 Å². The molecule has 0 heterocycles. The van der Waals surface area contributed by atoms with E-state index in [1.807, 2.05) is 0 Å². The number of esters is 2. The average Bonchev–Trinajstić information content (AvgIpc) is 3.22. The topological polar surface area (TPSA) is 119 Å². The Kier molecular flexibility index (Phi) is 43.6. The Balaban J connectivity index is 3.97. The molecule has 0 amide bonds. The number of hydrogen-bond acceptors (Lipinski definition) is 6. The second kappa shape index (κ2) is 45.7. The minimum atomic E-state index is -4.78. The predicted octanol–water partition coefficient (Wildman–Crippen LogP) is 15.2. The Labute approximate surface area is 367 Å². The van der Waals surface area contributed by atoms with Crippen molar-refractivity contribution >= 4 is 19.8 Å². The predicted molar refractivity (Wildman–Crippen MR) is 253 cm³/mol. The van der Waals surface area contributed by atoms with Gasteiger partial charge in [-0.3, -0.25) is 14.1 Å². The maximum atomic E-state index is 12.4. The van der Waals surface area contributed by atoms with Gasteiger partial charge in [-0.05, 0) is 89.9 Å². The molecule has 0 aliphatic carbocycles. The molecular weight excluding hydrogens is 772 g/mol. The van der Waals surface area contributed by atoms with Gasteiger partial charge in [-0.15, -0.1) is 0 Å². The van der Waals surface area contributed by atoms with Crippen molar-refractivity contribution in [2.45, 2.75) is 213 Å². The van der Waals surface area contributed by atoms with Crippen LogP contribution in [0, 0.1) is 0 Å². The Bertz CT molecular complexity index is 1240. The van der Waals surface area contributed by atoms with Crippen LogP contribution in [0.2, 0.25) is 0 Å². The van der Waals surface area contributed by atoms with E-state index in [2.05, 4.69) is 103 Å². The quantitative estimate of drug-likeness (QED) is 0.0269. The Hall–Kier alpha value is -2.77. The Morgan fingerprint density at radius 1 is 0.450 bits per heavy atom. The van der Waals surface area contributed by atoms with E-state index >= 15 is 0 Å². The summed E-state index contributed by atoms with van der Waals surface area (Å²) in [6.45, 7) is 3.53. The summed E-state index contributed by atoms with van der Waals surface area (Å²) in [4.78, 5) is 43.0. The number of phosphoric acid groups is 1. The van der Waals surface area contributed by atoms with Crippen LogP contribution in [0.1, 0.15) is 206 Å². The highest BCUT2D eigenvalue weighted by Gasteiger charge is 2.22. The lowest BCUT2D eigenvalue weighted by Gasteiger charge is -2.18. The van der Waals surface area contributed by atoms with E-state index < -0.39 is 32.5 Å². The van der Waals surface area contributed by atoms with E-state index in [0.717, 1.165) is 77.0 Å². The highest BCUT2D eigenvalue weighted by molar-refractivity contribution is 7.46. The molecular formula is C51H87O8P. The molecule has 0 aromatic carbocycles. The van der Waals surface area contributed by atoms with Gasteiger partial charge < -0.3 is 19.3 Å². The molecule has 1 atom stereocenters. The van der Waals surface area contributed by atoms with Gasteiger partial charge in [-0.2, -0.15) is 0 Å². The summed E-state index contributed by atoms with van der Waals surface area (Å²) in [5.74, 6) is -0.975. The molecule has 0 aromatic heterocycles. The summed E-state index contributed by atoms with van der Waals surface area (Å²) in [6, 6.07) is 0. The number of carbonyl (C=O) groups is 2. The first-order valence-corrected chi connectivity index (χ1v) is 25.4. The summed E-state index contributed by atoms with van der Waals surface area (Å²) in [5.41, 5.74) is 0. The van der Waals surface area contributed by atoms with Crippen molar-refractivity contribution in [2.75, 3.05) is 13.2 Å². The fraction of sp³-hybridized carbons (Fsp3) is 0.686. The van der Waals surface area contributed by atoms with Gasteiger partial charge in [0.15, 0.2) is 6.10 Å². The zero-order valence-corrected chi connectivity index (χ0v) is 39.0. The molecule has 0 radical (unpaired) electrons. The average molecular weight is 859 g/mol. The number of allylic oxidation sites excluding steroid dienone is 14. The van der Waals surface area contributed by atoms with Crippen molar-refractivity contribution in [1.82, 2.24) is 0 Å². The fourth-order valence-corrected chi connectivity index (χ4v) is 6.72. The fourth-order valence-electron chi connectivity index (χ4n) is 6.36. The lowest BCUT2D eigenvalue weighted by atomic mass is 10.0. The van der Waals surface area contributed by atoms with Gasteiger partial charge in [0.2, 0.25) is 0 Å². The van der Waals surface area contributed by atoms with Crippen LogP contribution in [-0.2, 0) is 28.2 Å². The van der Waals surface area contributed by atoms with Crippen molar-refractivity contribution < 1.29 is 37.9 Å². The van der Waals surface area contributed by atoms with Crippen LogP contribution in [0.4, 0.5) is 0 Å². The van der Waals surface area contributed by atoms with Gasteiger partial charge in [0, 0.05) is 12.8 Å². The van der Waals surface area contributed by atoms with Crippen LogP contribution in [0.25, 0.3) is 0 Å². The summed E-state index contributed by atoms with van der Waals surface area (Å²) >= 11 is 0. The molecule has 0 bridgehead atoms. The number of phosphoric ester groups is 1. The highest BCUT2D eigenvalue weighted by atomic mass is 31.2. The smallest absolute Gasteiger partial charge is 0.462 e. The summed E-state index contributed by atoms with van der Waals surface area (Å²) in [6.07, 6.45) is 61.8. The molecule has 0 rings (SSSR count). The number of unbranched alkanes of at least 4 members (excludes halogenated alkanes) is 19. The molecule has 60 heavy (non-hydrogen) atoms. The first-order chi connectivity index (χ1) is 29.3. The molecule has 0 spiro atoms. The minimum Gasteiger partial charge on any atom is -0.462 e. The second-order valence-corrected chi connectivity index (χ2v) is 16.9. The number of carbonyl (C=O) groups excluding carboxylic acids is 2. The summed E-state index contributed by atoms with van der Waals surface area (Å²) in [7, 11) is -4.78. The number of ether oxygens (including phenoxy) is 2. The normalized spacial score (nSPS) is 13.2. The van der Waals surface area contributed by atoms with Gasteiger partial charge in [-0.1, -0.05) is 189 Å². The third kappa shape index (κ3) is 47.9. The number of rotatable bonds is 43. The van der Waals surface area contributed by atoms with E-state index in [1.165, 1.54) is 89.9 Å². The van der Waals surface area contributed by atoms with Gasteiger partial charge in [0.05, 0.1) is 6.61 Å². The van der Waals surface area contributed by atoms with Gasteiger partial charge >= 0.3 is 19.8 Å². The number of hydrogen-bond donors (Lipinski definition) is 2. The lowest BCUT2D eigenvalue weighted by molar-refractivity contribution is -0.161. The Morgan fingerprint density at radius 3 is 1.32 bits per heavy atom. The van der Waals surface area contributed by atoms with E-state index in [-0.39, 0.29) is 19.4 Å². The lowest BCUT2D eigenvalue weighted by Crippen LogP contribution is -2.29. The zero-order chi connectivity index (χ0) is 43.9. The van der Waals surface area contributed by atoms with Crippen LogP contribution < -0.4 is 0 Å². The molecule has 0 unspecified atom stereocenters. The molecule has 0 saturated carbocycles. The largest absolute Gasteiger partial charge is 0.469 e. The van der Waals surface area contributed by atoms with Crippen molar-refractivity contribution in [3.05, 3.63) is 85.1 Å². The van der Waals surface area contributed by atoms with E-state index in [4.69, 9.17) is 19.3 Å². The molecule has 0 aliphatic rings. The zero-order valence-electron chi connectivity index (χ0n) is 38.1. The molecule has 9 heteroatoms. The van der Waals surface area contributed by atoms with Gasteiger partial charge in [-0.25, -0.2) is 4.57 Å². The molecule has 8 nitrogen and oxygen atoms in total. The second-order valence-electron chi connectivity index (χ2n) is 15.7. The monoisotopic (exact) mass is 859 g/mol. The highest BCUT2D eigenvalue weighted by Crippen LogP contribution is 2.36. The summed E-state index contributed by atoms with van der Waals surface area (Å²) < 4.78 is 26.4. The third-order valence-electron chi connectivity index (χ3n) is 9.88. The first kappa shape index (κ1) is 57.2. The van der Waals surface area contributed by atoms with E-state index in [1.54, 1.807) is 0 Å². The van der Waals surface area contributed by atoms with Crippen LogP contribution in [-0.4, -0.2) is 41.0 Å². The molecule has 2 N–H and O–H groups in total. The Morgan fingerprint density at radius 2 is 0.833 bits per heavy atom. The van der Waals surface area contributed by atoms with Crippen molar-refractivity contribution in [2.24, 2.45) is 0 Å². The maximum absolute atomic E-state index is 12.4. The van der Waals surface area contributed by atoms with Crippen molar-refractivity contribution in [3.63, 3.8) is 0 Å². The van der Waals surface area contributed by atoms with Crippen molar-refractivity contribution in [1.29, 1.82) is 0 Å². The molecule has 344 valence electrons. The molecule has 0 aliphatic heterocycles.